The van der Waals surface area contributed by atoms with Crippen LogP contribution in [0, 0.1) is 11.8 Å². The van der Waals surface area contributed by atoms with Crippen LogP contribution in [0.5, 0.6) is 0 Å². The average molecular weight is 472 g/mol. The Balaban J connectivity index is 1.70. The van der Waals surface area contributed by atoms with Gasteiger partial charge in [0.2, 0.25) is 17.7 Å². The molecule has 0 saturated carbocycles. The van der Waals surface area contributed by atoms with Crippen LogP contribution in [-0.2, 0) is 19.1 Å². The molecule has 4 rings (SSSR count). The fourth-order valence-corrected chi connectivity index (χ4v) is 6.47. The van der Waals surface area contributed by atoms with Crippen LogP contribution < -0.4 is 10.6 Å². The van der Waals surface area contributed by atoms with E-state index in [0.717, 1.165) is 12.8 Å². The van der Waals surface area contributed by atoms with Gasteiger partial charge in [-0.25, -0.2) is 0 Å². The number of ether oxygens (including phenoxy) is 1. The summed E-state index contributed by atoms with van der Waals surface area (Å²) in [7, 11) is 0. The molecule has 3 aliphatic rings. The largest absolute Gasteiger partial charge is 0.396 e. The van der Waals surface area contributed by atoms with Crippen LogP contribution in [0.15, 0.2) is 30.3 Å². The number of benzene rings is 1. The van der Waals surface area contributed by atoms with Crippen molar-refractivity contribution in [1.82, 2.24) is 10.2 Å². The number of nitrogens with zero attached hydrogens (tertiary/aromatic N) is 1. The van der Waals surface area contributed by atoms with Crippen LogP contribution in [0.4, 0.5) is 5.69 Å². The van der Waals surface area contributed by atoms with E-state index in [2.05, 4.69) is 17.6 Å². The highest BCUT2D eigenvalue weighted by Gasteiger charge is 2.78. The Bertz CT molecular complexity index is 924. The van der Waals surface area contributed by atoms with Crippen LogP contribution in [-0.4, -0.2) is 64.2 Å². The van der Waals surface area contributed by atoms with Crippen LogP contribution in [0.3, 0.4) is 0 Å². The maximum absolute atomic E-state index is 13.8. The van der Waals surface area contributed by atoms with Gasteiger partial charge in [-0.2, -0.15) is 0 Å². The minimum atomic E-state index is -1.03. The maximum Gasteiger partial charge on any atom is 0.246 e. The summed E-state index contributed by atoms with van der Waals surface area (Å²) in [6, 6.07) is 8.36. The van der Waals surface area contributed by atoms with Crippen molar-refractivity contribution >= 4 is 23.4 Å². The van der Waals surface area contributed by atoms with Gasteiger partial charge in [-0.05, 0) is 51.2 Å². The van der Waals surface area contributed by atoms with Gasteiger partial charge in [0.15, 0.2) is 0 Å². The highest BCUT2D eigenvalue weighted by molar-refractivity contribution is 6.02. The number of aliphatic hydroxyl groups excluding tert-OH is 1. The van der Waals surface area contributed by atoms with Gasteiger partial charge in [0, 0.05) is 24.9 Å². The first-order valence-corrected chi connectivity index (χ1v) is 12.6. The minimum Gasteiger partial charge on any atom is -0.396 e. The highest BCUT2D eigenvalue weighted by atomic mass is 16.5. The third kappa shape index (κ3) is 3.90. The van der Waals surface area contributed by atoms with Crippen LogP contribution >= 0.6 is 0 Å². The van der Waals surface area contributed by atoms with E-state index >= 15 is 0 Å². The van der Waals surface area contributed by atoms with Gasteiger partial charge < -0.3 is 25.4 Å². The molecule has 2 bridgehead atoms. The van der Waals surface area contributed by atoms with E-state index in [-0.39, 0.29) is 36.9 Å². The smallest absolute Gasteiger partial charge is 0.246 e. The number of likely N-dealkylation sites (tertiary alicyclic amines) is 1. The van der Waals surface area contributed by atoms with E-state index in [1.807, 2.05) is 44.2 Å². The highest BCUT2D eigenvalue weighted by Crippen LogP contribution is 2.64. The van der Waals surface area contributed by atoms with E-state index < -0.39 is 29.1 Å². The number of amides is 3. The van der Waals surface area contributed by atoms with Crippen molar-refractivity contribution in [1.29, 1.82) is 0 Å². The molecule has 6 atom stereocenters. The SMILES string of the molecule is CCCC(C)NC(=O)C1N(CCCO)C(=O)[C@@H]2[C@H](C(=O)Nc3ccccc3)[C@]3(CC)CCC12O3. The molecule has 0 aromatic heterocycles. The summed E-state index contributed by atoms with van der Waals surface area (Å²) < 4.78 is 6.70. The van der Waals surface area contributed by atoms with Gasteiger partial charge >= 0.3 is 0 Å². The number of nitrogens with one attached hydrogen (secondary N) is 2. The van der Waals surface area contributed by atoms with Crippen LogP contribution in [0.2, 0.25) is 0 Å². The van der Waals surface area contributed by atoms with Gasteiger partial charge in [0.25, 0.3) is 0 Å². The maximum atomic E-state index is 13.8. The summed E-state index contributed by atoms with van der Waals surface area (Å²) in [4.78, 5) is 42.6. The molecule has 0 aliphatic carbocycles. The Labute approximate surface area is 201 Å². The van der Waals surface area contributed by atoms with Crippen molar-refractivity contribution < 1.29 is 24.2 Å². The minimum absolute atomic E-state index is 0.0290. The van der Waals surface area contributed by atoms with Crippen molar-refractivity contribution in [2.75, 3.05) is 18.5 Å². The van der Waals surface area contributed by atoms with Crippen molar-refractivity contribution in [3.63, 3.8) is 0 Å². The molecule has 1 aromatic carbocycles. The Morgan fingerprint density at radius 3 is 2.59 bits per heavy atom. The molecular weight excluding hydrogens is 434 g/mol. The molecule has 8 heteroatoms. The third-order valence-electron chi connectivity index (χ3n) is 7.92. The molecule has 3 unspecified atom stereocenters. The molecule has 3 aliphatic heterocycles. The van der Waals surface area contributed by atoms with E-state index in [1.165, 1.54) is 0 Å². The monoisotopic (exact) mass is 471 g/mol. The first-order chi connectivity index (χ1) is 16.3. The normalized spacial score (nSPS) is 32.5. The number of aliphatic hydroxyl groups is 1. The summed E-state index contributed by atoms with van der Waals surface area (Å²) in [6.45, 7) is 6.17. The standard InChI is InChI=1S/C26H37N3O5/c1-4-10-17(3)27-23(32)21-26-14-13-25(5-2,34-26)19(20(26)24(33)29(21)15-9-16-30)22(31)28-18-11-7-6-8-12-18/h6-8,11-12,17,19-21,30H,4-5,9-10,13-16H2,1-3H3,(H,27,32)(H,28,31)/t17?,19-,20+,21?,25+,26?/m1/s1. The van der Waals surface area contributed by atoms with E-state index in [1.54, 1.807) is 4.90 Å². The Kier molecular flexibility index (Phi) is 7.01. The number of rotatable bonds is 10. The number of hydrogen-bond donors (Lipinski definition) is 3. The van der Waals surface area contributed by atoms with Crippen LogP contribution in [0.1, 0.15) is 59.3 Å². The van der Waals surface area contributed by atoms with Crippen molar-refractivity contribution in [2.45, 2.75) is 82.6 Å². The van der Waals surface area contributed by atoms with E-state index in [4.69, 9.17) is 4.74 Å². The number of carbonyl (C=O) groups excluding carboxylic acids is 3. The second-order valence-corrected chi connectivity index (χ2v) is 10.00. The molecule has 186 valence electrons. The van der Waals surface area contributed by atoms with Gasteiger partial charge in [-0.3, -0.25) is 14.4 Å². The van der Waals surface area contributed by atoms with Crippen LogP contribution in [0.25, 0.3) is 0 Å². The second-order valence-electron chi connectivity index (χ2n) is 10.00. The number of fused-ring (bicyclic) bond motifs is 1. The number of anilines is 1. The summed E-state index contributed by atoms with van der Waals surface area (Å²) in [5, 5.41) is 15.5. The van der Waals surface area contributed by atoms with Gasteiger partial charge in [-0.1, -0.05) is 38.5 Å². The zero-order chi connectivity index (χ0) is 24.5. The Hall–Kier alpha value is -2.45. The van der Waals surface area contributed by atoms with E-state index in [0.29, 0.717) is 31.4 Å². The summed E-state index contributed by atoms with van der Waals surface area (Å²) in [6.07, 6.45) is 3.90. The summed E-state index contributed by atoms with van der Waals surface area (Å²) in [5.74, 6) is -2.09. The number of carbonyl (C=O) groups is 3. The first-order valence-electron chi connectivity index (χ1n) is 12.6. The number of hydrogen-bond acceptors (Lipinski definition) is 5. The Morgan fingerprint density at radius 2 is 1.94 bits per heavy atom. The molecule has 3 amide bonds. The molecule has 3 N–H and O–H groups in total. The fourth-order valence-electron chi connectivity index (χ4n) is 6.47. The third-order valence-corrected chi connectivity index (χ3v) is 7.92. The average Bonchev–Trinajstić information content (AvgIpc) is 3.42. The predicted molar refractivity (Wildman–Crippen MR) is 128 cm³/mol. The summed E-state index contributed by atoms with van der Waals surface area (Å²) >= 11 is 0. The quantitative estimate of drug-likeness (QED) is 0.486. The zero-order valence-electron chi connectivity index (χ0n) is 20.4. The topological polar surface area (TPSA) is 108 Å². The molecule has 1 aromatic rings. The number of para-hydroxylation sites is 1. The molecule has 8 nitrogen and oxygen atoms in total. The molecule has 3 heterocycles. The van der Waals surface area contributed by atoms with Gasteiger partial charge in [-0.15, -0.1) is 0 Å². The fraction of sp³-hybridized carbons (Fsp3) is 0.654. The van der Waals surface area contributed by atoms with E-state index in [9.17, 15) is 19.5 Å². The zero-order valence-corrected chi connectivity index (χ0v) is 20.4. The second kappa shape index (κ2) is 9.66. The molecule has 3 saturated heterocycles. The van der Waals surface area contributed by atoms with Crippen molar-refractivity contribution in [2.24, 2.45) is 11.8 Å². The lowest BCUT2D eigenvalue weighted by molar-refractivity contribution is -0.146. The molecule has 0 radical (unpaired) electrons. The predicted octanol–water partition coefficient (Wildman–Crippen LogP) is 2.47. The van der Waals surface area contributed by atoms with Gasteiger partial charge in [0.1, 0.15) is 11.6 Å². The lowest BCUT2D eigenvalue weighted by Gasteiger charge is -2.34. The summed E-state index contributed by atoms with van der Waals surface area (Å²) in [5.41, 5.74) is -1.13. The lowest BCUT2D eigenvalue weighted by atomic mass is 9.65. The van der Waals surface area contributed by atoms with Gasteiger partial charge in [0.05, 0.1) is 17.4 Å². The molecule has 34 heavy (non-hydrogen) atoms. The lowest BCUT2D eigenvalue weighted by Crippen LogP contribution is -2.56. The first kappa shape index (κ1) is 24.7. The van der Waals surface area contributed by atoms with Crippen molar-refractivity contribution in [3.8, 4) is 0 Å². The Morgan fingerprint density at radius 1 is 1.21 bits per heavy atom. The molecular formula is C26H37N3O5. The van der Waals surface area contributed by atoms with Crippen molar-refractivity contribution in [3.05, 3.63) is 30.3 Å². The molecule has 1 spiro atoms. The molecule has 3 fully saturated rings.